The van der Waals surface area contributed by atoms with E-state index in [1.165, 1.54) is 19.3 Å². The highest BCUT2D eigenvalue weighted by Gasteiger charge is 2.23. The molecule has 2 aromatic rings. The van der Waals surface area contributed by atoms with E-state index in [1.54, 1.807) is 0 Å². The minimum atomic E-state index is 0.152. The van der Waals surface area contributed by atoms with Gasteiger partial charge < -0.3 is 10.1 Å². The molecule has 4 heteroatoms. The molecule has 2 aliphatic rings. The molecule has 4 nitrogen and oxygen atoms in total. The number of para-hydroxylation sites is 3. The Labute approximate surface area is 136 Å². The smallest absolute Gasteiger partial charge is 0.179 e. The van der Waals surface area contributed by atoms with Gasteiger partial charge in [-0.15, -0.1) is 0 Å². The number of rotatable bonds is 3. The van der Waals surface area contributed by atoms with Gasteiger partial charge in [0.15, 0.2) is 17.3 Å². The number of nitrogens with zero attached hydrogens (tertiary/aromatic N) is 1. The quantitative estimate of drug-likeness (QED) is 0.736. The van der Waals surface area contributed by atoms with Gasteiger partial charge in [-0.3, -0.25) is 9.69 Å². The van der Waals surface area contributed by atoms with Crippen LogP contribution in [-0.2, 0) is 0 Å². The Morgan fingerprint density at radius 2 is 1.78 bits per heavy atom. The van der Waals surface area contributed by atoms with Crippen molar-refractivity contribution in [3.05, 3.63) is 48.0 Å². The lowest BCUT2D eigenvalue weighted by Gasteiger charge is -2.27. The lowest BCUT2D eigenvalue weighted by atomic mass is 10.0. The molecule has 1 fully saturated rings. The van der Waals surface area contributed by atoms with Crippen molar-refractivity contribution in [2.24, 2.45) is 0 Å². The molecular formula is C19H20N2O2. The van der Waals surface area contributed by atoms with E-state index < -0.39 is 0 Å². The molecule has 2 heterocycles. The lowest BCUT2D eigenvalue weighted by Crippen LogP contribution is -2.34. The van der Waals surface area contributed by atoms with Gasteiger partial charge in [0.25, 0.3) is 0 Å². The minimum Gasteiger partial charge on any atom is -0.453 e. The van der Waals surface area contributed by atoms with Crippen molar-refractivity contribution in [2.75, 3.05) is 25.0 Å². The van der Waals surface area contributed by atoms with E-state index >= 15 is 0 Å². The van der Waals surface area contributed by atoms with Gasteiger partial charge >= 0.3 is 0 Å². The van der Waals surface area contributed by atoms with Crippen LogP contribution in [0.25, 0.3) is 0 Å². The number of nitrogens with one attached hydrogen (secondary N) is 1. The zero-order valence-corrected chi connectivity index (χ0v) is 13.0. The number of hydrogen-bond donors (Lipinski definition) is 1. The second-order valence-corrected chi connectivity index (χ2v) is 6.16. The van der Waals surface area contributed by atoms with Crippen LogP contribution in [0.1, 0.15) is 29.6 Å². The number of fused-ring (bicyclic) bond motifs is 2. The van der Waals surface area contributed by atoms with Crippen LogP contribution in [0.4, 0.5) is 11.4 Å². The summed E-state index contributed by atoms with van der Waals surface area (Å²) in [7, 11) is 0. The monoisotopic (exact) mass is 308 g/mol. The van der Waals surface area contributed by atoms with E-state index in [-0.39, 0.29) is 5.78 Å². The van der Waals surface area contributed by atoms with Crippen molar-refractivity contribution < 1.29 is 9.53 Å². The molecule has 0 spiro atoms. The topological polar surface area (TPSA) is 41.6 Å². The van der Waals surface area contributed by atoms with Crippen molar-refractivity contribution >= 4 is 17.2 Å². The third kappa shape index (κ3) is 2.82. The van der Waals surface area contributed by atoms with Crippen LogP contribution in [0.15, 0.2) is 42.5 Å². The summed E-state index contributed by atoms with van der Waals surface area (Å²) in [5, 5.41) is 3.36. The van der Waals surface area contributed by atoms with Crippen LogP contribution in [0.3, 0.4) is 0 Å². The Balaban J connectivity index is 1.60. The van der Waals surface area contributed by atoms with Crippen LogP contribution in [0.2, 0.25) is 0 Å². The third-order valence-electron chi connectivity index (χ3n) is 4.51. The van der Waals surface area contributed by atoms with Crippen LogP contribution >= 0.6 is 0 Å². The second-order valence-electron chi connectivity index (χ2n) is 6.16. The summed E-state index contributed by atoms with van der Waals surface area (Å²) >= 11 is 0. The molecule has 118 valence electrons. The van der Waals surface area contributed by atoms with E-state index in [4.69, 9.17) is 4.74 Å². The van der Waals surface area contributed by atoms with E-state index in [2.05, 4.69) is 10.2 Å². The molecule has 2 aromatic carbocycles. The summed E-state index contributed by atoms with van der Waals surface area (Å²) in [6, 6.07) is 13.5. The van der Waals surface area contributed by atoms with Gasteiger partial charge in [-0.1, -0.05) is 24.6 Å². The number of piperidine rings is 1. The molecule has 1 saturated heterocycles. The lowest BCUT2D eigenvalue weighted by molar-refractivity contribution is 0.0916. The van der Waals surface area contributed by atoms with Crippen LogP contribution in [0.5, 0.6) is 11.5 Å². The number of ether oxygens (including phenoxy) is 1. The Morgan fingerprint density at radius 3 is 2.65 bits per heavy atom. The number of ketones is 1. The molecule has 4 rings (SSSR count). The summed E-state index contributed by atoms with van der Waals surface area (Å²) in [5.74, 6) is 1.66. The number of benzene rings is 2. The van der Waals surface area contributed by atoms with E-state index in [1.807, 2.05) is 42.5 Å². The normalized spacial score (nSPS) is 16.7. The second kappa shape index (κ2) is 6.05. The molecular weight excluding hydrogens is 288 g/mol. The molecule has 0 amide bonds. The van der Waals surface area contributed by atoms with Gasteiger partial charge in [-0.2, -0.15) is 0 Å². The highest BCUT2D eigenvalue weighted by atomic mass is 16.5. The maximum atomic E-state index is 12.8. The maximum absolute atomic E-state index is 12.8. The zero-order valence-electron chi connectivity index (χ0n) is 13.0. The van der Waals surface area contributed by atoms with Crippen LogP contribution in [0, 0.1) is 0 Å². The summed E-state index contributed by atoms with van der Waals surface area (Å²) < 4.78 is 5.93. The van der Waals surface area contributed by atoms with Crippen molar-refractivity contribution in [1.82, 2.24) is 4.90 Å². The van der Waals surface area contributed by atoms with Crippen molar-refractivity contribution in [3.63, 3.8) is 0 Å². The van der Waals surface area contributed by atoms with Gasteiger partial charge in [0.2, 0.25) is 0 Å². The van der Waals surface area contributed by atoms with Crippen molar-refractivity contribution in [3.8, 4) is 11.5 Å². The average molecular weight is 308 g/mol. The maximum Gasteiger partial charge on any atom is 0.179 e. The highest BCUT2D eigenvalue weighted by Crippen LogP contribution is 2.43. The fourth-order valence-corrected chi connectivity index (χ4v) is 3.30. The van der Waals surface area contributed by atoms with E-state index in [0.717, 1.165) is 30.2 Å². The Bertz CT molecular complexity index is 736. The third-order valence-corrected chi connectivity index (χ3v) is 4.51. The molecule has 1 N–H and O–H groups in total. The molecule has 0 saturated carbocycles. The molecule has 2 aliphatic heterocycles. The fourth-order valence-electron chi connectivity index (χ4n) is 3.30. The number of likely N-dealkylation sites (tertiary alicyclic amines) is 1. The van der Waals surface area contributed by atoms with Crippen molar-refractivity contribution in [2.45, 2.75) is 19.3 Å². The van der Waals surface area contributed by atoms with Crippen LogP contribution < -0.4 is 10.1 Å². The molecule has 0 radical (unpaired) electrons. The van der Waals surface area contributed by atoms with E-state index in [0.29, 0.717) is 17.9 Å². The first-order chi connectivity index (χ1) is 11.3. The first kappa shape index (κ1) is 14.3. The Hall–Kier alpha value is -2.33. The SMILES string of the molecule is O=C(CN1CCCCC1)c1cccc2c1Nc1ccccc1O2. The predicted molar refractivity (Wildman–Crippen MR) is 90.9 cm³/mol. The number of carbonyl (C=O) groups is 1. The largest absolute Gasteiger partial charge is 0.453 e. The summed E-state index contributed by atoms with van der Waals surface area (Å²) in [4.78, 5) is 15.0. The highest BCUT2D eigenvalue weighted by molar-refractivity contribution is 6.05. The van der Waals surface area contributed by atoms with Gasteiger partial charge in [0, 0.05) is 5.56 Å². The molecule has 23 heavy (non-hydrogen) atoms. The zero-order chi connectivity index (χ0) is 15.6. The van der Waals surface area contributed by atoms with Gasteiger partial charge in [-0.25, -0.2) is 0 Å². The van der Waals surface area contributed by atoms with Gasteiger partial charge in [0.1, 0.15) is 0 Å². The average Bonchev–Trinajstić information content (AvgIpc) is 2.60. The van der Waals surface area contributed by atoms with Gasteiger partial charge in [0.05, 0.1) is 17.9 Å². The number of anilines is 2. The van der Waals surface area contributed by atoms with Crippen LogP contribution in [-0.4, -0.2) is 30.3 Å². The van der Waals surface area contributed by atoms with Crippen molar-refractivity contribution in [1.29, 1.82) is 0 Å². The standard InChI is InChI=1S/C19H20N2O2/c22-16(13-21-11-4-1-5-12-21)14-7-6-10-18-19(14)20-15-8-2-3-9-17(15)23-18/h2-3,6-10,20H,1,4-5,11-13H2. The summed E-state index contributed by atoms with van der Waals surface area (Å²) in [6.07, 6.45) is 3.65. The van der Waals surface area contributed by atoms with Gasteiger partial charge in [-0.05, 0) is 50.2 Å². The molecule has 0 unspecified atom stereocenters. The molecule has 0 aliphatic carbocycles. The number of Topliss-reactive ketones (excluding diaryl/α,β-unsaturated/α-hetero) is 1. The summed E-state index contributed by atoms with van der Waals surface area (Å²) in [6.45, 7) is 2.53. The predicted octanol–water partition coefficient (Wildman–Crippen LogP) is 4.20. The molecule has 0 atom stereocenters. The fraction of sp³-hybridized carbons (Fsp3) is 0.316. The Kier molecular flexibility index (Phi) is 3.75. The first-order valence-electron chi connectivity index (χ1n) is 8.24. The minimum absolute atomic E-state index is 0.152. The molecule has 0 aromatic heterocycles. The number of carbonyl (C=O) groups excluding carboxylic acids is 1. The Morgan fingerprint density at radius 1 is 1.00 bits per heavy atom. The molecule has 0 bridgehead atoms. The number of hydrogen-bond acceptors (Lipinski definition) is 4. The first-order valence-corrected chi connectivity index (χ1v) is 8.24. The summed E-state index contributed by atoms with van der Waals surface area (Å²) in [5.41, 5.74) is 2.40. The van der Waals surface area contributed by atoms with E-state index in [9.17, 15) is 4.79 Å².